The molecule has 1 aliphatic heterocycles. The van der Waals surface area contributed by atoms with E-state index in [4.69, 9.17) is 0 Å². The summed E-state index contributed by atoms with van der Waals surface area (Å²) in [6, 6.07) is 2.03. The number of aliphatic hydroxyl groups is 1. The van der Waals surface area contributed by atoms with Crippen LogP contribution in [0.25, 0.3) is 0 Å². The maximum atomic E-state index is 12.8. The lowest BCUT2D eigenvalue weighted by Gasteiger charge is -2.37. The molecule has 0 aromatic carbocycles. The van der Waals surface area contributed by atoms with Gasteiger partial charge in [0.2, 0.25) is 0 Å². The molecule has 2 fully saturated rings. The average Bonchev–Trinajstić information content (AvgIpc) is 3.13. The molecule has 4 rings (SSSR count). The molecule has 1 saturated heterocycles. The number of piperidine rings is 1. The lowest BCUT2D eigenvalue weighted by atomic mass is 9.90. The standard InChI is InChI=1S/C17H24N6O2/c1-11(2)23-9-15(20-21-23)17(25)6-3-7-22(10-17)16(24)14-8-13(18-19-14)12-4-5-12/h8-9,11-12,25H,3-7,10H2,1-2H3,(H,18,19). The number of hydrogen-bond acceptors (Lipinski definition) is 5. The highest BCUT2D eigenvalue weighted by molar-refractivity contribution is 5.92. The zero-order valence-corrected chi connectivity index (χ0v) is 14.6. The number of rotatable bonds is 4. The molecule has 8 nitrogen and oxygen atoms in total. The van der Waals surface area contributed by atoms with E-state index in [9.17, 15) is 9.90 Å². The van der Waals surface area contributed by atoms with E-state index in [0.717, 1.165) is 25.0 Å². The Hall–Kier alpha value is -2.22. The van der Waals surface area contributed by atoms with Crippen molar-refractivity contribution in [2.75, 3.05) is 13.1 Å². The van der Waals surface area contributed by atoms with Crippen LogP contribution < -0.4 is 0 Å². The Morgan fingerprint density at radius 2 is 2.24 bits per heavy atom. The van der Waals surface area contributed by atoms with Crippen molar-refractivity contribution in [1.29, 1.82) is 0 Å². The van der Waals surface area contributed by atoms with Crippen LogP contribution in [0.4, 0.5) is 0 Å². The molecule has 1 amide bonds. The minimum absolute atomic E-state index is 0.141. The fraction of sp³-hybridized carbons (Fsp3) is 0.647. The quantitative estimate of drug-likeness (QED) is 0.877. The Bertz CT molecular complexity index is 778. The first-order valence-electron chi connectivity index (χ1n) is 8.95. The first-order valence-corrected chi connectivity index (χ1v) is 8.95. The summed E-state index contributed by atoms with van der Waals surface area (Å²) in [6.07, 6.45) is 5.38. The number of nitrogens with zero attached hydrogens (tertiary/aromatic N) is 5. The maximum Gasteiger partial charge on any atom is 0.274 e. The first-order chi connectivity index (χ1) is 12.0. The summed E-state index contributed by atoms with van der Waals surface area (Å²) in [4.78, 5) is 14.5. The van der Waals surface area contributed by atoms with Gasteiger partial charge in [0.15, 0.2) is 0 Å². The number of carbonyl (C=O) groups is 1. The lowest BCUT2D eigenvalue weighted by molar-refractivity contribution is -0.0322. The Kier molecular flexibility index (Phi) is 3.87. The number of hydrogen-bond donors (Lipinski definition) is 2. The Morgan fingerprint density at radius 1 is 1.44 bits per heavy atom. The molecule has 1 saturated carbocycles. The zero-order chi connectivity index (χ0) is 17.6. The van der Waals surface area contributed by atoms with Gasteiger partial charge in [0, 0.05) is 24.2 Å². The van der Waals surface area contributed by atoms with Gasteiger partial charge in [0.05, 0.1) is 12.7 Å². The summed E-state index contributed by atoms with van der Waals surface area (Å²) in [6.45, 7) is 4.85. The van der Waals surface area contributed by atoms with Gasteiger partial charge in [-0.3, -0.25) is 9.89 Å². The zero-order valence-electron chi connectivity index (χ0n) is 14.6. The normalized spacial score (nSPS) is 24.1. The molecule has 2 aromatic rings. The van der Waals surface area contributed by atoms with Gasteiger partial charge in [-0.1, -0.05) is 5.21 Å². The van der Waals surface area contributed by atoms with Crippen LogP contribution >= 0.6 is 0 Å². The van der Waals surface area contributed by atoms with Crippen LogP contribution in [0.15, 0.2) is 12.3 Å². The fourth-order valence-electron chi connectivity index (χ4n) is 3.37. The molecule has 1 atom stereocenters. The SMILES string of the molecule is CC(C)n1cc(C2(O)CCCN(C(=O)c3cc(C4CC4)[nH]n3)C2)nn1. The maximum absolute atomic E-state index is 12.8. The van der Waals surface area contributed by atoms with E-state index in [1.54, 1.807) is 15.8 Å². The Balaban J connectivity index is 1.51. The second-order valence-corrected chi connectivity index (χ2v) is 7.52. The number of β-amino-alcohol motifs (C(OH)–C–C–N with tert-alkyl or cyclic N) is 1. The molecule has 3 heterocycles. The molecule has 1 unspecified atom stereocenters. The Morgan fingerprint density at radius 3 is 2.92 bits per heavy atom. The van der Waals surface area contributed by atoms with Crippen LogP contribution in [0.1, 0.15) is 73.4 Å². The van der Waals surface area contributed by atoms with E-state index >= 15 is 0 Å². The van der Waals surface area contributed by atoms with Gasteiger partial charge >= 0.3 is 0 Å². The van der Waals surface area contributed by atoms with Crippen LogP contribution in [-0.4, -0.2) is 54.2 Å². The van der Waals surface area contributed by atoms with Crippen LogP contribution in [0.3, 0.4) is 0 Å². The van der Waals surface area contributed by atoms with Crippen molar-refractivity contribution in [2.45, 2.75) is 57.1 Å². The molecule has 25 heavy (non-hydrogen) atoms. The smallest absolute Gasteiger partial charge is 0.274 e. The first kappa shape index (κ1) is 16.3. The molecule has 2 aromatic heterocycles. The Labute approximate surface area is 146 Å². The summed E-state index contributed by atoms with van der Waals surface area (Å²) in [7, 11) is 0. The predicted molar refractivity (Wildman–Crippen MR) is 90.0 cm³/mol. The molecule has 2 aliphatic rings. The van der Waals surface area contributed by atoms with Gasteiger partial charge in [-0.25, -0.2) is 4.68 Å². The molecule has 0 spiro atoms. The number of amides is 1. The van der Waals surface area contributed by atoms with Gasteiger partial charge in [-0.2, -0.15) is 5.10 Å². The van der Waals surface area contributed by atoms with Crippen molar-refractivity contribution in [1.82, 2.24) is 30.1 Å². The molecular formula is C17H24N6O2. The van der Waals surface area contributed by atoms with Crippen molar-refractivity contribution in [3.05, 3.63) is 29.3 Å². The van der Waals surface area contributed by atoms with E-state index in [1.807, 2.05) is 19.9 Å². The van der Waals surface area contributed by atoms with Gasteiger partial charge < -0.3 is 10.0 Å². The number of nitrogens with one attached hydrogen (secondary N) is 1. The number of carbonyl (C=O) groups excluding carboxylic acids is 1. The monoisotopic (exact) mass is 344 g/mol. The minimum atomic E-state index is -1.16. The van der Waals surface area contributed by atoms with Crippen molar-refractivity contribution in [2.24, 2.45) is 0 Å². The summed E-state index contributed by atoms with van der Waals surface area (Å²) in [5.41, 5.74) is 0.836. The van der Waals surface area contributed by atoms with Crippen LogP contribution in [0.5, 0.6) is 0 Å². The van der Waals surface area contributed by atoms with Gasteiger partial charge in [-0.15, -0.1) is 5.10 Å². The van der Waals surface area contributed by atoms with Crippen molar-refractivity contribution < 1.29 is 9.90 Å². The molecule has 8 heteroatoms. The largest absolute Gasteiger partial charge is 0.382 e. The number of aromatic amines is 1. The third-order valence-electron chi connectivity index (χ3n) is 5.11. The summed E-state index contributed by atoms with van der Waals surface area (Å²) >= 11 is 0. The highest BCUT2D eigenvalue weighted by Crippen LogP contribution is 2.39. The lowest BCUT2D eigenvalue weighted by Crippen LogP contribution is -2.48. The molecule has 134 valence electrons. The average molecular weight is 344 g/mol. The van der Waals surface area contributed by atoms with Crippen LogP contribution in [-0.2, 0) is 5.60 Å². The van der Waals surface area contributed by atoms with Gasteiger partial charge in [-0.05, 0) is 45.6 Å². The molecule has 1 aliphatic carbocycles. The summed E-state index contributed by atoms with van der Waals surface area (Å²) in [5, 5.41) is 26.4. The number of likely N-dealkylation sites (tertiary alicyclic amines) is 1. The van der Waals surface area contributed by atoms with E-state index in [2.05, 4.69) is 20.5 Å². The van der Waals surface area contributed by atoms with E-state index in [-0.39, 0.29) is 18.5 Å². The molecule has 0 bridgehead atoms. The highest BCUT2D eigenvalue weighted by atomic mass is 16.3. The van der Waals surface area contributed by atoms with Gasteiger partial charge in [0.1, 0.15) is 17.0 Å². The number of aromatic nitrogens is 5. The molecule has 2 N–H and O–H groups in total. The fourth-order valence-corrected chi connectivity index (χ4v) is 3.37. The molecular weight excluding hydrogens is 320 g/mol. The summed E-state index contributed by atoms with van der Waals surface area (Å²) < 4.78 is 1.73. The third-order valence-corrected chi connectivity index (χ3v) is 5.11. The van der Waals surface area contributed by atoms with E-state index in [1.165, 1.54) is 0 Å². The van der Waals surface area contributed by atoms with Crippen molar-refractivity contribution in [3.63, 3.8) is 0 Å². The number of H-pyrrole nitrogens is 1. The summed E-state index contributed by atoms with van der Waals surface area (Å²) in [5.74, 6) is 0.385. The van der Waals surface area contributed by atoms with E-state index in [0.29, 0.717) is 30.3 Å². The van der Waals surface area contributed by atoms with Crippen molar-refractivity contribution >= 4 is 5.91 Å². The highest BCUT2D eigenvalue weighted by Gasteiger charge is 2.40. The van der Waals surface area contributed by atoms with E-state index < -0.39 is 5.60 Å². The second kappa shape index (κ2) is 5.94. The third kappa shape index (κ3) is 3.06. The van der Waals surface area contributed by atoms with Crippen molar-refractivity contribution in [3.8, 4) is 0 Å². The van der Waals surface area contributed by atoms with Crippen LogP contribution in [0, 0.1) is 0 Å². The minimum Gasteiger partial charge on any atom is -0.382 e. The second-order valence-electron chi connectivity index (χ2n) is 7.52. The van der Waals surface area contributed by atoms with Gasteiger partial charge in [0.25, 0.3) is 5.91 Å². The van der Waals surface area contributed by atoms with Crippen LogP contribution in [0.2, 0.25) is 0 Å². The molecule has 0 radical (unpaired) electrons. The predicted octanol–water partition coefficient (Wildman–Crippen LogP) is 1.58. The topological polar surface area (TPSA) is 99.9 Å².